The number of carbonyl (C=O) groups is 1. The molecule has 4 rings (SSSR count). The van der Waals surface area contributed by atoms with Crippen molar-refractivity contribution in [1.29, 1.82) is 0 Å². The minimum atomic E-state index is -3.60. The van der Waals surface area contributed by atoms with Crippen molar-refractivity contribution in [3.05, 3.63) is 68.9 Å². The van der Waals surface area contributed by atoms with Crippen molar-refractivity contribution in [1.82, 2.24) is 13.9 Å². The van der Waals surface area contributed by atoms with Gasteiger partial charge in [0.05, 0.1) is 15.8 Å². The number of anilines is 1. The molecule has 3 aromatic rings. The Labute approximate surface area is 184 Å². The van der Waals surface area contributed by atoms with E-state index in [1.165, 1.54) is 15.3 Å². The lowest BCUT2D eigenvalue weighted by Crippen LogP contribution is -2.42. The molecule has 32 heavy (non-hydrogen) atoms. The Bertz CT molecular complexity index is 1420. The lowest BCUT2D eigenvalue weighted by atomic mass is 10.2. The van der Waals surface area contributed by atoms with Crippen molar-refractivity contribution < 1.29 is 13.2 Å². The molecule has 2 heterocycles. The van der Waals surface area contributed by atoms with Crippen molar-refractivity contribution in [2.24, 2.45) is 0 Å². The van der Waals surface area contributed by atoms with Crippen LogP contribution in [0, 0.1) is 0 Å². The molecule has 168 valence electrons. The zero-order valence-electron chi connectivity index (χ0n) is 17.9. The molecule has 10 heteroatoms. The molecule has 1 N–H and O–H groups in total. The number of rotatable bonds is 6. The van der Waals surface area contributed by atoms with Crippen LogP contribution in [0.2, 0.25) is 0 Å². The minimum Gasteiger partial charge on any atom is -0.310 e. The van der Waals surface area contributed by atoms with Crippen LogP contribution in [0.5, 0.6) is 0 Å². The molecule has 0 unspecified atom stereocenters. The van der Waals surface area contributed by atoms with Gasteiger partial charge in [-0.05, 0) is 42.3 Å². The van der Waals surface area contributed by atoms with Crippen molar-refractivity contribution >= 4 is 32.5 Å². The first kappa shape index (κ1) is 22.0. The zero-order chi connectivity index (χ0) is 23.0. The Hall–Kier alpha value is -3.24. The SMILES string of the molecule is CCN(CC)S(=O)(=O)c1ccc2c(c1)CCN2C(=O)Cn1c(=O)[nH]c2ccccc2c1=O. The number of nitrogens with one attached hydrogen (secondary N) is 1. The summed E-state index contributed by atoms with van der Waals surface area (Å²) in [7, 11) is -3.60. The second kappa shape index (κ2) is 8.36. The number of fused-ring (bicyclic) bond motifs is 2. The molecular weight excluding hydrogens is 432 g/mol. The maximum absolute atomic E-state index is 13.0. The molecule has 0 bridgehead atoms. The van der Waals surface area contributed by atoms with E-state index in [9.17, 15) is 22.8 Å². The molecule has 1 aliphatic rings. The fourth-order valence-corrected chi connectivity index (χ4v) is 5.58. The van der Waals surface area contributed by atoms with E-state index in [2.05, 4.69) is 4.98 Å². The van der Waals surface area contributed by atoms with Gasteiger partial charge in [0.2, 0.25) is 15.9 Å². The summed E-state index contributed by atoms with van der Waals surface area (Å²) in [6.45, 7) is 4.25. The summed E-state index contributed by atoms with van der Waals surface area (Å²) in [5.74, 6) is -0.411. The summed E-state index contributed by atoms with van der Waals surface area (Å²) >= 11 is 0. The molecule has 0 atom stereocenters. The highest BCUT2D eigenvalue weighted by atomic mass is 32.2. The third-order valence-electron chi connectivity index (χ3n) is 5.77. The molecule has 0 spiro atoms. The van der Waals surface area contributed by atoms with E-state index < -0.39 is 33.7 Å². The van der Waals surface area contributed by atoms with Crippen LogP contribution in [0.3, 0.4) is 0 Å². The Kier molecular flexibility index (Phi) is 5.74. The van der Waals surface area contributed by atoms with E-state index in [0.29, 0.717) is 42.6 Å². The number of amides is 1. The quantitative estimate of drug-likeness (QED) is 0.601. The van der Waals surface area contributed by atoms with Crippen LogP contribution in [-0.2, 0) is 27.8 Å². The number of H-pyrrole nitrogens is 1. The third kappa shape index (κ3) is 3.65. The lowest BCUT2D eigenvalue weighted by molar-refractivity contribution is -0.119. The number of hydrogen-bond acceptors (Lipinski definition) is 5. The number of sulfonamides is 1. The van der Waals surface area contributed by atoms with Gasteiger partial charge in [-0.3, -0.25) is 14.2 Å². The van der Waals surface area contributed by atoms with Crippen LogP contribution in [0.25, 0.3) is 10.9 Å². The molecule has 1 aromatic heterocycles. The lowest BCUT2D eigenvalue weighted by Gasteiger charge is -2.20. The maximum Gasteiger partial charge on any atom is 0.329 e. The van der Waals surface area contributed by atoms with Gasteiger partial charge in [0.25, 0.3) is 5.56 Å². The van der Waals surface area contributed by atoms with Crippen molar-refractivity contribution in [2.75, 3.05) is 24.5 Å². The van der Waals surface area contributed by atoms with Crippen molar-refractivity contribution in [2.45, 2.75) is 31.7 Å². The summed E-state index contributed by atoms with van der Waals surface area (Å²) < 4.78 is 27.9. The molecule has 9 nitrogen and oxygen atoms in total. The highest BCUT2D eigenvalue weighted by Crippen LogP contribution is 2.31. The predicted molar refractivity (Wildman–Crippen MR) is 121 cm³/mol. The van der Waals surface area contributed by atoms with Gasteiger partial charge in [-0.15, -0.1) is 0 Å². The highest BCUT2D eigenvalue weighted by Gasteiger charge is 2.29. The van der Waals surface area contributed by atoms with Crippen molar-refractivity contribution in [3.63, 3.8) is 0 Å². The average Bonchev–Trinajstić information content (AvgIpc) is 3.20. The Morgan fingerprint density at radius 3 is 2.53 bits per heavy atom. The summed E-state index contributed by atoms with van der Waals surface area (Å²) in [4.78, 5) is 42.4. The van der Waals surface area contributed by atoms with Gasteiger partial charge in [0.1, 0.15) is 6.54 Å². The van der Waals surface area contributed by atoms with Gasteiger partial charge in [-0.2, -0.15) is 4.31 Å². The Balaban J connectivity index is 1.63. The van der Waals surface area contributed by atoms with E-state index in [0.717, 1.165) is 10.1 Å². The molecular formula is C22H24N4O5S. The van der Waals surface area contributed by atoms with Gasteiger partial charge in [-0.1, -0.05) is 26.0 Å². The van der Waals surface area contributed by atoms with Gasteiger partial charge in [0, 0.05) is 25.3 Å². The summed E-state index contributed by atoms with van der Waals surface area (Å²) in [6.07, 6.45) is 0.492. The van der Waals surface area contributed by atoms with Crippen LogP contribution in [0.15, 0.2) is 56.9 Å². The van der Waals surface area contributed by atoms with Gasteiger partial charge >= 0.3 is 5.69 Å². The Morgan fingerprint density at radius 1 is 1.09 bits per heavy atom. The van der Waals surface area contributed by atoms with E-state index in [4.69, 9.17) is 0 Å². The number of benzene rings is 2. The molecule has 0 radical (unpaired) electrons. The number of carbonyl (C=O) groups excluding carboxylic acids is 1. The van der Waals surface area contributed by atoms with E-state index >= 15 is 0 Å². The number of para-hydroxylation sites is 1. The fourth-order valence-electron chi connectivity index (χ4n) is 4.07. The Morgan fingerprint density at radius 2 is 1.81 bits per heavy atom. The van der Waals surface area contributed by atoms with E-state index in [1.54, 1.807) is 50.2 Å². The molecule has 1 amide bonds. The van der Waals surface area contributed by atoms with Crippen molar-refractivity contribution in [3.8, 4) is 0 Å². The normalized spacial score (nSPS) is 13.7. The van der Waals surface area contributed by atoms with Gasteiger partial charge < -0.3 is 9.88 Å². The summed E-state index contributed by atoms with van der Waals surface area (Å²) in [6, 6.07) is 11.3. The first-order chi connectivity index (χ1) is 15.3. The highest BCUT2D eigenvalue weighted by molar-refractivity contribution is 7.89. The fraction of sp³-hybridized carbons (Fsp3) is 0.318. The predicted octanol–water partition coefficient (Wildman–Crippen LogP) is 1.31. The minimum absolute atomic E-state index is 0.191. The molecule has 2 aromatic carbocycles. The van der Waals surface area contributed by atoms with Gasteiger partial charge in [-0.25, -0.2) is 13.2 Å². The molecule has 0 aliphatic carbocycles. The number of nitrogens with zero attached hydrogens (tertiary/aromatic N) is 3. The molecule has 0 saturated heterocycles. The first-order valence-electron chi connectivity index (χ1n) is 10.4. The van der Waals surface area contributed by atoms with E-state index in [1.807, 2.05) is 0 Å². The molecule has 0 fully saturated rings. The zero-order valence-corrected chi connectivity index (χ0v) is 18.7. The molecule has 0 saturated carbocycles. The average molecular weight is 457 g/mol. The monoisotopic (exact) mass is 456 g/mol. The standard InChI is InChI=1S/C22H24N4O5S/c1-3-24(4-2)32(30,31)16-9-10-19-15(13-16)11-12-25(19)20(27)14-26-21(28)17-7-5-6-8-18(17)23-22(26)29/h5-10,13H,3-4,11-12,14H2,1-2H3,(H,23,29). The number of aromatic nitrogens is 2. The van der Waals surface area contributed by atoms with Crippen LogP contribution in [0.4, 0.5) is 5.69 Å². The first-order valence-corrected chi connectivity index (χ1v) is 11.9. The maximum atomic E-state index is 13.0. The largest absolute Gasteiger partial charge is 0.329 e. The number of aromatic amines is 1. The second-order valence-corrected chi connectivity index (χ2v) is 9.48. The summed E-state index contributed by atoms with van der Waals surface area (Å²) in [5, 5.41) is 0.327. The van der Waals surface area contributed by atoms with Crippen LogP contribution >= 0.6 is 0 Å². The molecule has 1 aliphatic heterocycles. The van der Waals surface area contributed by atoms with Crippen LogP contribution in [0.1, 0.15) is 19.4 Å². The van der Waals surface area contributed by atoms with Crippen LogP contribution in [-0.4, -0.2) is 47.8 Å². The van der Waals surface area contributed by atoms with E-state index in [-0.39, 0.29) is 4.90 Å². The summed E-state index contributed by atoms with van der Waals surface area (Å²) in [5.41, 5.74) is 0.574. The topological polar surface area (TPSA) is 113 Å². The van der Waals surface area contributed by atoms with Crippen LogP contribution < -0.4 is 16.1 Å². The third-order valence-corrected chi connectivity index (χ3v) is 7.82. The van der Waals surface area contributed by atoms with Gasteiger partial charge in [0.15, 0.2) is 0 Å². The number of hydrogen-bond donors (Lipinski definition) is 1. The second-order valence-electron chi connectivity index (χ2n) is 7.54. The smallest absolute Gasteiger partial charge is 0.310 e.